The van der Waals surface area contributed by atoms with Crippen LogP contribution in [0.3, 0.4) is 0 Å². The maximum atomic E-state index is 9.22. The second-order valence-electron chi connectivity index (χ2n) is 6.52. The summed E-state index contributed by atoms with van der Waals surface area (Å²) >= 11 is 0. The Balaban J connectivity index is 0. The van der Waals surface area contributed by atoms with Gasteiger partial charge < -0.3 is 5.73 Å². The van der Waals surface area contributed by atoms with Crippen LogP contribution in [0.2, 0.25) is 0 Å². The summed E-state index contributed by atoms with van der Waals surface area (Å²) < 4.78 is 0. The van der Waals surface area contributed by atoms with Gasteiger partial charge in [0.05, 0.1) is 0 Å². The van der Waals surface area contributed by atoms with Gasteiger partial charge >= 0.3 is 111 Å². The molecule has 0 saturated carbocycles. The predicted molar refractivity (Wildman–Crippen MR) is 102 cm³/mol. The number of hydrogen-bond acceptors (Lipinski definition) is 1. The molecule has 0 atom stereocenters. The SMILES string of the molecule is CC(N)=O.CCCC[PH](CCCC)(CCCC)CCCC. The molecule has 21 heavy (non-hydrogen) atoms. The molecule has 0 spiro atoms. The molecule has 0 aromatic rings. The zero-order valence-corrected chi connectivity index (χ0v) is 16.5. The minimum absolute atomic E-state index is 0.333. The molecule has 0 aromatic heterocycles. The van der Waals surface area contributed by atoms with E-state index in [-0.39, 0.29) is 5.91 Å². The molecule has 2 N–H and O–H groups in total. The van der Waals surface area contributed by atoms with Crippen molar-refractivity contribution in [3.05, 3.63) is 0 Å². The molecule has 0 fully saturated rings. The molecule has 1 amide bonds. The molecule has 0 aliphatic carbocycles. The average Bonchev–Trinajstić information content (AvgIpc) is 2.45. The van der Waals surface area contributed by atoms with Gasteiger partial charge in [-0.25, -0.2) is 0 Å². The zero-order chi connectivity index (χ0) is 16.6. The Labute approximate surface area is 135 Å². The number of hydrogen-bond donors (Lipinski definition) is 1. The molecule has 0 rings (SSSR count). The van der Waals surface area contributed by atoms with Gasteiger partial charge in [0.1, 0.15) is 0 Å². The first kappa shape index (κ1) is 23.2. The van der Waals surface area contributed by atoms with Crippen molar-refractivity contribution < 1.29 is 4.79 Å². The molecule has 0 unspecified atom stereocenters. The van der Waals surface area contributed by atoms with E-state index in [2.05, 4.69) is 33.4 Å². The van der Waals surface area contributed by atoms with Crippen LogP contribution in [0, 0.1) is 0 Å². The van der Waals surface area contributed by atoms with E-state index >= 15 is 0 Å². The third-order valence-electron chi connectivity index (χ3n) is 4.24. The molecular formula is C18H42NOP. The second-order valence-corrected chi connectivity index (χ2v) is 11.5. The molecule has 0 aliphatic rings. The van der Waals surface area contributed by atoms with Crippen LogP contribution >= 0.6 is 7.26 Å². The molecule has 0 saturated heterocycles. The van der Waals surface area contributed by atoms with Crippen molar-refractivity contribution in [3.63, 3.8) is 0 Å². The Kier molecular flexibility index (Phi) is 18.0. The summed E-state index contributed by atoms with van der Waals surface area (Å²) in [7, 11) is -0.879. The van der Waals surface area contributed by atoms with Crippen molar-refractivity contribution in [2.75, 3.05) is 24.6 Å². The first-order chi connectivity index (χ1) is 9.97. The number of carbonyl (C=O) groups is 1. The third kappa shape index (κ3) is 16.1. The Morgan fingerprint density at radius 2 is 0.905 bits per heavy atom. The molecule has 0 aromatic carbocycles. The van der Waals surface area contributed by atoms with Gasteiger partial charge in [0.2, 0.25) is 5.91 Å². The number of rotatable bonds is 12. The monoisotopic (exact) mass is 319 g/mol. The maximum absolute atomic E-state index is 9.22. The summed E-state index contributed by atoms with van der Waals surface area (Å²) in [6.45, 7) is 10.7. The van der Waals surface area contributed by atoms with Gasteiger partial charge in [0.15, 0.2) is 0 Å². The number of nitrogens with two attached hydrogens (primary N) is 1. The molecule has 2 nitrogen and oxygen atoms in total. The molecular weight excluding hydrogens is 277 g/mol. The van der Waals surface area contributed by atoms with E-state index in [1.807, 2.05) is 0 Å². The van der Waals surface area contributed by atoms with Gasteiger partial charge in [-0.2, -0.15) is 0 Å². The number of primary amides is 1. The van der Waals surface area contributed by atoms with E-state index in [1.54, 1.807) is 24.6 Å². The second kappa shape index (κ2) is 16.3. The van der Waals surface area contributed by atoms with Crippen LogP contribution < -0.4 is 5.73 Å². The van der Waals surface area contributed by atoms with Crippen LogP contribution in [0.1, 0.15) is 86.0 Å². The van der Waals surface area contributed by atoms with Gasteiger partial charge in [-0.1, -0.05) is 0 Å². The van der Waals surface area contributed by atoms with Crippen molar-refractivity contribution >= 4 is 13.2 Å². The summed E-state index contributed by atoms with van der Waals surface area (Å²) in [5.74, 6) is -0.333. The van der Waals surface area contributed by atoms with E-state index < -0.39 is 7.26 Å². The Morgan fingerprint density at radius 1 is 0.714 bits per heavy atom. The van der Waals surface area contributed by atoms with Gasteiger partial charge in [0, 0.05) is 6.92 Å². The van der Waals surface area contributed by atoms with Crippen molar-refractivity contribution in [1.29, 1.82) is 0 Å². The minimum atomic E-state index is -0.879. The van der Waals surface area contributed by atoms with Crippen LogP contribution in [0.15, 0.2) is 0 Å². The molecule has 0 aliphatic heterocycles. The van der Waals surface area contributed by atoms with Crippen LogP contribution in [0.25, 0.3) is 0 Å². The van der Waals surface area contributed by atoms with E-state index in [1.165, 1.54) is 58.3 Å². The van der Waals surface area contributed by atoms with Crippen LogP contribution in [-0.2, 0) is 4.79 Å². The fourth-order valence-electron chi connectivity index (χ4n) is 2.96. The first-order valence-corrected chi connectivity index (χ1v) is 12.1. The average molecular weight is 320 g/mol. The summed E-state index contributed by atoms with van der Waals surface area (Å²) in [6, 6.07) is 0. The summed E-state index contributed by atoms with van der Waals surface area (Å²) in [5, 5.41) is 0. The Bertz CT molecular complexity index is 190. The van der Waals surface area contributed by atoms with E-state index in [0.29, 0.717) is 0 Å². The fraction of sp³-hybridized carbons (Fsp3) is 0.944. The Morgan fingerprint density at radius 3 is 1.05 bits per heavy atom. The van der Waals surface area contributed by atoms with Gasteiger partial charge in [-0.3, -0.25) is 4.79 Å². The van der Waals surface area contributed by atoms with E-state index in [4.69, 9.17) is 0 Å². The Hall–Kier alpha value is -0.100. The third-order valence-corrected chi connectivity index (χ3v) is 9.90. The van der Waals surface area contributed by atoms with Crippen LogP contribution in [0.4, 0.5) is 0 Å². The van der Waals surface area contributed by atoms with Gasteiger partial charge in [-0.05, 0) is 0 Å². The van der Waals surface area contributed by atoms with E-state index in [9.17, 15) is 4.79 Å². The van der Waals surface area contributed by atoms with Crippen molar-refractivity contribution in [2.45, 2.75) is 86.0 Å². The van der Waals surface area contributed by atoms with E-state index in [0.717, 1.165) is 0 Å². The molecule has 3 heteroatoms. The predicted octanol–water partition coefficient (Wildman–Crippen LogP) is 5.43. The molecule has 0 bridgehead atoms. The molecule has 0 radical (unpaired) electrons. The summed E-state index contributed by atoms with van der Waals surface area (Å²) in [6.07, 6.45) is 18.1. The molecule has 130 valence electrons. The number of amides is 1. The van der Waals surface area contributed by atoms with Crippen molar-refractivity contribution in [1.82, 2.24) is 0 Å². The van der Waals surface area contributed by atoms with Crippen LogP contribution in [-0.4, -0.2) is 30.6 Å². The summed E-state index contributed by atoms with van der Waals surface area (Å²) in [4.78, 5) is 9.22. The fourth-order valence-corrected chi connectivity index (χ4v) is 8.87. The zero-order valence-electron chi connectivity index (χ0n) is 15.5. The quantitative estimate of drug-likeness (QED) is 0.479. The summed E-state index contributed by atoms with van der Waals surface area (Å²) in [5.41, 5.74) is 4.47. The molecule has 0 heterocycles. The number of unbranched alkanes of at least 4 members (excludes halogenated alkanes) is 4. The standard InChI is InChI=1S/C16H37P.C2H5NO/c1-5-9-13-17(14-10-6-2,15-11-7-3)16-12-8-4;1-2(3)4/h17H,5-16H2,1-4H3;1H3,(H2,3,4). The van der Waals surface area contributed by atoms with Crippen molar-refractivity contribution in [3.8, 4) is 0 Å². The van der Waals surface area contributed by atoms with Gasteiger partial charge in [0.25, 0.3) is 0 Å². The normalized spacial score (nSPS) is 11.7. The topological polar surface area (TPSA) is 43.1 Å². The van der Waals surface area contributed by atoms with Gasteiger partial charge in [-0.15, -0.1) is 0 Å². The first-order valence-electron chi connectivity index (χ1n) is 9.24. The van der Waals surface area contributed by atoms with Crippen molar-refractivity contribution in [2.24, 2.45) is 5.73 Å². The van der Waals surface area contributed by atoms with Crippen LogP contribution in [0.5, 0.6) is 0 Å². The number of carbonyl (C=O) groups excluding carboxylic acids is 1.